The van der Waals surface area contributed by atoms with E-state index in [0.717, 1.165) is 22.1 Å². The minimum atomic E-state index is -1.13. The highest BCUT2D eigenvalue weighted by Gasteiger charge is 2.37. The number of aromatic nitrogens is 2. The topological polar surface area (TPSA) is 111 Å². The fraction of sp³-hybridized carbons (Fsp3) is 0.429. The number of fused-ring (bicyclic) bond motifs is 5. The van der Waals surface area contributed by atoms with Gasteiger partial charge in [-0.25, -0.2) is 9.37 Å². The van der Waals surface area contributed by atoms with Crippen LogP contribution in [0.3, 0.4) is 0 Å². The predicted octanol–water partition coefficient (Wildman–Crippen LogP) is 3.30. The summed E-state index contributed by atoms with van der Waals surface area (Å²) in [5, 5.41) is 13.9. The number of nitrogens with zero attached hydrogens (tertiary/aromatic N) is 2. The summed E-state index contributed by atoms with van der Waals surface area (Å²) in [6.07, 6.45) is 0.748. The van der Waals surface area contributed by atoms with E-state index in [2.05, 4.69) is 5.32 Å². The molecule has 6 rings (SSSR count). The molecule has 8 nitrogen and oxygen atoms in total. The zero-order chi connectivity index (χ0) is 26.2. The van der Waals surface area contributed by atoms with Gasteiger partial charge >= 0.3 is 5.97 Å². The number of carbonyl (C=O) groups excluding carboxylic acids is 2. The Balaban J connectivity index is 1.61. The summed E-state index contributed by atoms with van der Waals surface area (Å²) in [7, 11) is 0. The Hall–Kier alpha value is -3.59. The maximum Gasteiger partial charge on any atom is 0.313 e. The number of amides is 1. The van der Waals surface area contributed by atoms with Crippen LogP contribution in [0.2, 0.25) is 0 Å². The van der Waals surface area contributed by atoms with Gasteiger partial charge in [0.1, 0.15) is 18.5 Å². The van der Waals surface area contributed by atoms with Gasteiger partial charge in [-0.3, -0.25) is 14.4 Å². The van der Waals surface area contributed by atoms with Crippen molar-refractivity contribution in [1.29, 1.82) is 0 Å². The molecule has 9 heteroatoms. The molecule has 2 aliphatic heterocycles. The van der Waals surface area contributed by atoms with Crippen LogP contribution in [-0.2, 0) is 33.9 Å². The molecule has 1 aromatic carbocycles. The largest absolute Gasteiger partial charge is 0.460 e. The van der Waals surface area contributed by atoms with Crippen molar-refractivity contribution in [3.05, 3.63) is 61.7 Å². The van der Waals surface area contributed by atoms with Gasteiger partial charge in [0.05, 0.1) is 41.0 Å². The van der Waals surface area contributed by atoms with Crippen LogP contribution in [0.5, 0.6) is 0 Å². The molecule has 1 aliphatic carbocycles. The van der Waals surface area contributed by atoms with E-state index < -0.39 is 24.0 Å². The first-order valence-corrected chi connectivity index (χ1v) is 12.8. The van der Waals surface area contributed by atoms with E-state index in [1.165, 1.54) is 6.07 Å². The Morgan fingerprint density at radius 1 is 1.27 bits per heavy atom. The number of hydrogen-bond donors (Lipinski definition) is 2. The lowest BCUT2D eigenvalue weighted by Gasteiger charge is -2.30. The Morgan fingerprint density at radius 3 is 2.78 bits per heavy atom. The highest BCUT2D eigenvalue weighted by molar-refractivity contribution is 5.94. The van der Waals surface area contributed by atoms with Gasteiger partial charge in [-0.05, 0) is 60.9 Å². The Labute approximate surface area is 212 Å². The average molecular weight is 506 g/mol. The maximum atomic E-state index is 14.9. The third-order valence-electron chi connectivity index (χ3n) is 8.20. The zero-order valence-electron chi connectivity index (χ0n) is 21.0. The number of pyridine rings is 2. The van der Waals surface area contributed by atoms with Gasteiger partial charge in [0, 0.05) is 17.0 Å². The van der Waals surface area contributed by atoms with E-state index in [0.29, 0.717) is 52.9 Å². The average Bonchev–Trinajstić information content (AvgIpc) is 3.25. The molecule has 3 unspecified atom stereocenters. The normalized spacial score (nSPS) is 20.2. The summed E-state index contributed by atoms with van der Waals surface area (Å²) in [6, 6.07) is 2.85. The van der Waals surface area contributed by atoms with Crippen molar-refractivity contribution in [2.24, 2.45) is 0 Å². The first kappa shape index (κ1) is 23.8. The summed E-state index contributed by atoms with van der Waals surface area (Å²) in [5.74, 6) is -1.68. The van der Waals surface area contributed by atoms with Gasteiger partial charge in [-0.2, -0.15) is 0 Å². The van der Waals surface area contributed by atoms with Gasteiger partial charge in [0.15, 0.2) is 0 Å². The van der Waals surface area contributed by atoms with Crippen molar-refractivity contribution in [3.63, 3.8) is 0 Å². The van der Waals surface area contributed by atoms with Crippen molar-refractivity contribution >= 4 is 22.8 Å². The quantitative estimate of drug-likeness (QED) is 0.412. The van der Waals surface area contributed by atoms with E-state index >= 15 is 0 Å². The second kappa shape index (κ2) is 8.48. The summed E-state index contributed by atoms with van der Waals surface area (Å²) in [5.41, 5.74) is 5.54. The lowest BCUT2D eigenvalue weighted by atomic mass is 9.81. The number of benzene rings is 1. The number of cyclic esters (lactones) is 1. The third kappa shape index (κ3) is 3.36. The molecule has 37 heavy (non-hydrogen) atoms. The number of aliphatic hydroxyl groups excluding tert-OH is 1. The first-order valence-electron chi connectivity index (χ1n) is 12.8. The minimum absolute atomic E-state index is 0.0650. The van der Waals surface area contributed by atoms with Gasteiger partial charge in [0.2, 0.25) is 5.91 Å². The molecular weight excluding hydrogens is 477 g/mol. The van der Waals surface area contributed by atoms with Crippen LogP contribution in [-0.4, -0.2) is 32.6 Å². The molecule has 0 fully saturated rings. The maximum absolute atomic E-state index is 14.9. The number of rotatable bonds is 4. The SMILES string of the molecule is CCC(O)C(=O)NC1CCc2c(C)c(F)cc3nc4c(c1c23)Cn1c-4cc2c(c1=O)COC(=O)C2CC. The molecule has 0 bridgehead atoms. The molecule has 0 saturated carbocycles. The first-order chi connectivity index (χ1) is 17.7. The molecule has 0 spiro atoms. The molecule has 1 amide bonds. The van der Waals surface area contributed by atoms with E-state index in [1.807, 2.05) is 13.0 Å². The van der Waals surface area contributed by atoms with Crippen molar-refractivity contribution in [1.82, 2.24) is 14.9 Å². The van der Waals surface area contributed by atoms with E-state index in [-0.39, 0.29) is 36.9 Å². The van der Waals surface area contributed by atoms with Crippen LogP contribution in [0.25, 0.3) is 22.3 Å². The fourth-order valence-electron chi connectivity index (χ4n) is 6.17. The summed E-state index contributed by atoms with van der Waals surface area (Å²) >= 11 is 0. The lowest BCUT2D eigenvalue weighted by Crippen LogP contribution is -2.38. The van der Waals surface area contributed by atoms with Gasteiger partial charge < -0.3 is 19.7 Å². The smallest absolute Gasteiger partial charge is 0.313 e. The molecule has 2 aromatic heterocycles. The highest BCUT2D eigenvalue weighted by atomic mass is 19.1. The number of halogens is 1. The van der Waals surface area contributed by atoms with Crippen molar-refractivity contribution in [3.8, 4) is 11.4 Å². The van der Waals surface area contributed by atoms with Crippen LogP contribution in [0.1, 0.15) is 78.5 Å². The van der Waals surface area contributed by atoms with Crippen LogP contribution in [0, 0.1) is 12.7 Å². The molecule has 0 saturated heterocycles. The zero-order valence-corrected chi connectivity index (χ0v) is 21.0. The number of esters is 1. The minimum Gasteiger partial charge on any atom is -0.460 e. The molecular formula is C28H28FN3O5. The van der Waals surface area contributed by atoms with Crippen LogP contribution in [0.4, 0.5) is 4.39 Å². The Bertz CT molecular complexity index is 1580. The number of aliphatic hydroxyl groups is 1. The summed E-state index contributed by atoms with van der Waals surface area (Å²) in [6.45, 7) is 5.54. The second-order valence-electron chi connectivity index (χ2n) is 10.2. The number of hydrogen-bond acceptors (Lipinski definition) is 6. The van der Waals surface area contributed by atoms with E-state index in [9.17, 15) is 23.9 Å². The van der Waals surface area contributed by atoms with Crippen LogP contribution in [0.15, 0.2) is 16.9 Å². The Morgan fingerprint density at radius 2 is 2.05 bits per heavy atom. The van der Waals surface area contributed by atoms with Gasteiger partial charge in [-0.15, -0.1) is 0 Å². The van der Waals surface area contributed by atoms with Crippen LogP contribution < -0.4 is 10.9 Å². The number of nitrogens with one attached hydrogen (secondary N) is 1. The monoisotopic (exact) mass is 505 g/mol. The van der Waals surface area contributed by atoms with Crippen molar-refractivity contribution < 1.29 is 23.8 Å². The van der Waals surface area contributed by atoms with Gasteiger partial charge in [0.25, 0.3) is 5.56 Å². The molecule has 3 aromatic rings. The predicted molar refractivity (Wildman–Crippen MR) is 134 cm³/mol. The van der Waals surface area contributed by atoms with Crippen LogP contribution >= 0.6 is 0 Å². The molecule has 2 N–H and O–H groups in total. The van der Waals surface area contributed by atoms with E-state index in [4.69, 9.17) is 9.72 Å². The molecule has 0 radical (unpaired) electrons. The lowest BCUT2D eigenvalue weighted by molar-refractivity contribution is -0.148. The Kier molecular flexibility index (Phi) is 5.45. The third-order valence-corrected chi connectivity index (χ3v) is 8.20. The van der Waals surface area contributed by atoms with Crippen molar-refractivity contribution in [2.75, 3.05) is 0 Å². The number of ether oxygens (including phenoxy) is 1. The standard InChI is InChI=1S/C28H28FN3O5/c1-4-13-15-8-21-25-16(10-32(21)27(35)17(15)11-37-28(13)36)24-19(31-26(34)22(33)5-2)7-6-14-12(3)18(29)9-20(30-25)23(14)24/h8-9,13,19,22,33H,4-7,10-11H2,1-3H3,(H,31,34). The molecule has 4 heterocycles. The molecule has 192 valence electrons. The molecule has 3 atom stereocenters. The summed E-state index contributed by atoms with van der Waals surface area (Å²) < 4.78 is 21.9. The number of carbonyl (C=O) groups is 2. The second-order valence-corrected chi connectivity index (χ2v) is 10.2. The van der Waals surface area contributed by atoms with Crippen molar-refractivity contribution in [2.45, 2.75) is 77.7 Å². The fourth-order valence-corrected chi connectivity index (χ4v) is 6.17. The molecule has 3 aliphatic rings. The summed E-state index contributed by atoms with van der Waals surface area (Å²) in [4.78, 5) is 43.6. The number of aryl methyl sites for hydroxylation is 1. The van der Waals surface area contributed by atoms with Gasteiger partial charge in [-0.1, -0.05) is 13.8 Å². The van der Waals surface area contributed by atoms with E-state index in [1.54, 1.807) is 18.4 Å². The highest BCUT2D eigenvalue weighted by Crippen LogP contribution is 2.45.